The Bertz CT molecular complexity index is 467. The molecule has 1 aromatic rings. The quantitative estimate of drug-likeness (QED) is 0.756. The minimum atomic E-state index is -0.187. The molecular weight excluding hydrogens is 284 g/mol. The first-order valence-electron chi connectivity index (χ1n) is 7.57. The highest BCUT2D eigenvalue weighted by Gasteiger charge is 2.22. The number of carbonyl (C=O) groups excluding carboxylic acids is 1. The van der Waals surface area contributed by atoms with Crippen molar-refractivity contribution in [3.8, 4) is 0 Å². The van der Waals surface area contributed by atoms with Crippen molar-refractivity contribution in [3.63, 3.8) is 0 Å². The Kier molecular flexibility index (Phi) is 6.39. The van der Waals surface area contributed by atoms with Crippen LogP contribution < -0.4 is 10.6 Å². The molecule has 116 valence electrons. The summed E-state index contributed by atoms with van der Waals surface area (Å²) in [5, 5.41) is 15.2. The fraction of sp³-hybridized carbons (Fsp3) is 0.562. The molecule has 0 heterocycles. The second-order valence-electron chi connectivity index (χ2n) is 5.51. The van der Waals surface area contributed by atoms with Gasteiger partial charge in [0.2, 0.25) is 0 Å². The molecule has 21 heavy (non-hydrogen) atoms. The number of rotatable bonds is 6. The van der Waals surface area contributed by atoms with Crippen LogP contribution in [0.25, 0.3) is 0 Å². The molecule has 1 saturated carbocycles. The highest BCUT2D eigenvalue weighted by atomic mass is 32.2. The number of hydrogen-bond acceptors (Lipinski definition) is 3. The number of anilines is 1. The van der Waals surface area contributed by atoms with Gasteiger partial charge in [-0.1, -0.05) is 19.1 Å². The molecule has 0 bridgehead atoms. The Hall–Kier alpha value is -1.20. The molecule has 1 fully saturated rings. The van der Waals surface area contributed by atoms with Crippen molar-refractivity contribution in [1.82, 2.24) is 5.32 Å². The molecule has 0 radical (unpaired) electrons. The average Bonchev–Trinajstić information content (AvgIpc) is 2.89. The van der Waals surface area contributed by atoms with Crippen molar-refractivity contribution >= 4 is 23.5 Å². The zero-order valence-electron chi connectivity index (χ0n) is 12.5. The lowest BCUT2D eigenvalue weighted by Gasteiger charge is -2.12. The predicted octanol–water partition coefficient (Wildman–Crippen LogP) is 3.22. The van der Waals surface area contributed by atoms with Crippen molar-refractivity contribution < 1.29 is 9.90 Å². The number of urea groups is 1. The smallest absolute Gasteiger partial charge is 0.319 e. The molecule has 2 atom stereocenters. The molecule has 2 amide bonds. The number of aliphatic hydroxyl groups excluding tert-OH is 1. The number of aliphatic hydroxyl groups is 1. The molecule has 0 aliphatic heterocycles. The van der Waals surface area contributed by atoms with Crippen LogP contribution in [0.15, 0.2) is 24.3 Å². The number of hydrogen-bond donors (Lipinski definition) is 3. The van der Waals surface area contributed by atoms with E-state index in [1.54, 1.807) is 0 Å². The predicted molar refractivity (Wildman–Crippen MR) is 88.6 cm³/mol. The first kappa shape index (κ1) is 16.2. The van der Waals surface area contributed by atoms with Gasteiger partial charge in [0.25, 0.3) is 0 Å². The van der Waals surface area contributed by atoms with Gasteiger partial charge < -0.3 is 15.7 Å². The van der Waals surface area contributed by atoms with Crippen molar-refractivity contribution in [2.45, 2.75) is 38.0 Å². The van der Waals surface area contributed by atoms with Gasteiger partial charge in [0.1, 0.15) is 0 Å². The molecule has 0 aromatic heterocycles. The Balaban J connectivity index is 1.76. The monoisotopic (exact) mass is 308 g/mol. The van der Waals surface area contributed by atoms with E-state index in [0.29, 0.717) is 12.5 Å². The van der Waals surface area contributed by atoms with Crippen LogP contribution in [-0.2, 0) is 5.75 Å². The lowest BCUT2D eigenvalue weighted by Crippen LogP contribution is -2.32. The number of benzene rings is 1. The lowest BCUT2D eigenvalue weighted by molar-refractivity contribution is 0.177. The van der Waals surface area contributed by atoms with Crippen LogP contribution in [0.4, 0.5) is 10.5 Å². The largest absolute Gasteiger partial charge is 0.393 e. The maximum absolute atomic E-state index is 11.9. The fourth-order valence-corrected chi connectivity index (χ4v) is 3.22. The highest BCUT2D eigenvalue weighted by molar-refractivity contribution is 7.98. The molecule has 4 nitrogen and oxygen atoms in total. The Morgan fingerprint density at radius 3 is 3.00 bits per heavy atom. The van der Waals surface area contributed by atoms with Gasteiger partial charge in [-0.05, 0) is 48.6 Å². The van der Waals surface area contributed by atoms with Gasteiger partial charge in [0.05, 0.1) is 6.10 Å². The first-order valence-corrected chi connectivity index (χ1v) is 8.72. The van der Waals surface area contributed by atoms with Crippen LogP contribution in [-0.4, -0.2) is 29.5 Å². The fourth-order valence-electron chi connectivity index (χ4n) is 2.61. The lowest BCUT2D eigenvalue weighted by atomic mass is 10.1. The molecule has 0 unspecified atom stereocenters. The summed E-state index contributed by atoms with van der Waals surface area (Å²) in [5.41, 5.74) is 2.05. The molecule has 0 saturated heterocycles. The molecule has 3 N–H and O–H groups in total. The van der Waals surface area contributed by atoms with E-state index in [0.717, 1.165) is 36.5 Å². The van der Waals surface area contributed by atoms with Gasteiger partial charge >= 0.3 is 6.03 Å². The van der Waals surface area contributed by atoms with Gasteiger partial charge in [-0.15, -0.1) is 0 Å². The topological polar surface area (TPSA) is 61.4 Å². The molecular formula is C16H24N2O2S. The van der Waals surface area contributed by atoms with Crippen LogP contribution in [0, 0.1) is 5.92 Å². The maximum Gasteiger partial charge on any atom is 0.319 e. The van der Waals surface area contributed by atoms with Crippen LogP contribution in [0.3, 0.4) is 0 Å². The Labute approximate surface area is 130 Å². The number of thioether (sulfide) groups is 1. The highest BCUT2D eigenvalue weighted by Crippen LogP contribution is 2.24. The first-order chi connectivity index (χ1) is 10.2. The standard InChI is InChI=1S/C16H24N2O2S/c1-2-21-11-13-4-3-5-14(8-13)18-16(20)17-10-12-6-7-15(19)9-12/h3-5,8,12,15,19H,2,6-7,9-11H2,1H3,(H2,17,18,20)/t12-,15-/m0/s1. The minimum Gasteiger partial charge on any atom is -0.393 e. The van der Waals surface area contributed by atoms with Gasteiger partial charge in [0, 0.05) is 18.0 Å². The van der Waals surface area contributed by atoms with Crippen LogP contribution in [0.1, 0.15) is 31.7 Å². The third-order valence-electron chi connectivity index (χ3n) is 3.72. The molecule has 5 heteroatoms. The summed E-state index contributed by atoms with van der Waals surface area (Å²) in [6, 6.07) is 7.79. The Morgan fingerprint density at radius 2 is 2.29 bits per heavy atom. The van der Waals surface area contributed by atoms with Gasteiger partial charge in [-0.2, -0.15) is 11.8 Å². The number of carbonyl (C=O) groups is 1. The molecule has 2 rings (SSSR count). The summed E-state index contributed by atoms with van der Waals surface area (Å²) < 4.78 is 0. The van der Waals surface area contributed by atoms with Crippen LogP contribution >= 0.6 is 11.8 Å². The molecule has 1 aliphatic carbocycles. The van der Waals surface area contributed by atoms with E-state index in [-0.39, 0.29) is 12.1 Å². The number of amides is 2. The summed E-state index contributed by atoms with van der Waals surface area (Å²) in [6.45, 7) is 2.77. The molecule has 1 aliphatic rings. The van der Waals surface area contributed by atoms with E-state index in [1.165, 1.54) is 5.56 Å². The summed E-state index contributed by atoms with van der Waals surface area (Å²) in [6.07, 6.45) is 2.45. The average molecular weight is 308 g/mol. The van der Waals surface area contributed by atoms with Crippen molar-refractivity contribution in [2.75, 3.05) is 17.6 Å². The van der Waals surface area contributed by atoms with Gasteiger partial charge in [-0.3, -0.25) is 0 Å². The zero-order chi connectivity index (χ0) is 15.1. The van der Waals surface area contributed by atoms with Crippen LogP contribution in [0.5, 0.6) is 0 Å². The molecule has 1 aromatic carbocycles. The summed E-state index contributed by atoms with van der Waals surface area (Å²) >= 11 is 1.86. The van der Waals surface area contributed by atoms with Gasteiger partial charge in [-0.25, -0.2) is 4.79 Å². The summed E-state index contributed by atoms with van der Waals surface area (Å²) in [4.78, 5) is 11.9. The van der Waals surface area contributed by atoms with Crippen molar-refractivity contribution in [1.29, 1.82) is 0 Å². The normalized spacial score (nSPS) is 21.2. The summed E-state index contributed by atoms with van der Waals surface area (Å²) in [5.74, 6) is 2.46. The van der Waals surface area contributed by atoms with Crippen LogP contribution in [0.2, 0.25) is 0 Å². The number of nitrogens with one attached hydrogen (secondary N) is 2. The van der Waals surface area contributed by atoms with E-state index in [1.807, 2.05) is 30.0 Å². The third kappa shape index (κ3) is 5.59. The second kappa shape index (κ2) is 8.29. The van der Waals surface area contributed by atoms with E-state index in [9.17, 15) is 9.90 Å². The van der Waals surface area contributed by atoms with Crippen molar-refractivity contribution in [2.24, 2.45) is 5.92 Å². The molecule has 0 spiro atoms. The van der Waals surface area contributed by atoms with E-state index < -0.39 is 0 Å². The zero-order valence-corrected chi connectivity index (χ0v) is 13.3. The minimum absolute atomic E-state index is 0.170. The Morgan fingerprint density at radius 1 is 1.43 bits per heavy atom. The van der Waals surface area contributed by atoms with E-state index >= 15 is 0 Å². The van der Waals surface area contributed by atoms with Gasteiger partial charge in [0.15, 0.2) is 0 Å². The maximum atomic E-state index is 11.9. The van der Waals surface area contributed by atoms with Crippen molar-refractivity contribution in [3.05, 3.63) is 29.8 Å². The van der Waals surface area contributed by atoms with E-state index in [4.69, 9.17) is 0 Å². The third-order valence-corrected chi connectivity index (χ3v) is 4.67. The second-order valence-corrected chi connectivity index (χ2v) is 6.78. The summed E-state index contributed by atoms with van der Waals surface area (Å²) in [7, 11) is 0. The van der Waals surface area contributed by atoms with E-state index in [2.05, 4.69) is 23.6 Å². The SMILES string of the molecule is CCSCc1cccc(NC(=O)NC[C@H]2CC[C@H](O)C2)c1.